The zero-order valence-corrected chi connectivity index (χ0v) is 27.5. The number of hydrogen-bond acceptors (Lipinski definition) is 7. The maximum absolute atomic E-state index is 11.7. The Labute approximate surface area is 281 Å². The van der Waals surface area contributed by atoms with E-state index in [0.29, 0.717) is 41.9 Å². The van der Waals surface area contributed by atoms with Crippen LogP contribution < -0.4 is 15.6 Å². The second-order valence-corrected chi connectivity index (χ2v) is 13.0. The minimum Gasteiger partial charge on any atom is -0.508 e. The van der Waals surface area contributed by atoms with Gasteiger partial charge in [-0.25, -0.2) is 0 Å². The summed E-state index contributed by atoms with van der Waals surface area (Å²) in [6.45, 7) is 3.56. The SMILES string of the molecule is CN1CCC(c2ccccc2)(c2cc(CCCOc3cccc(CCNCC(O)c4ccc(O)c5[nH]c(=O)ccc45)c3)ccc2O)CC1. The van der Waals surface area contributed by atoms with Crippen LogP contribution in [0.3, 0.4) is 0 Å². The highest BCUT2D eigenvalue weighted by Gasteiger charge is 2.39. The summed E-state index contributed by atoms with van der Waals surface area (Å²) in [5.74, 6) is 1.18. The molecule has 5 aromatic rings. The maximum atomic E-state index is 11.7. The molecular formula is C40H45N3O5. The van der Waals surface area contributed by atoms with Crippen molar-refractivity contribution in [2.24, 2.45) is 0 Å². The molecule has 48 heavy (non-hydrogen) atoms. The quantitative estimate of drug-likeness (QED) is 0.102. The molecule has 1 aliphatic heterocycles. The van der Waals surface area contributed by atoms with Gasteiger partial charge in [0.15, 0.2) is 0 Å². The number of aliphatic hydroxyl groups excluding tert-OH is 1. The Morgan fingerprint density at radius 2 is 1.65 bits per heavy atom. The Balaban J connectivity index is 1.00. The third kappa shape index (κ3) is 7.57. The van der Waals surface area contributed by atoms with Crippen LogP contribution in [-0.2, 0) is 18.3 Å². The minimum absolute atomic E-state index is 0.0250. The summed E-state index contributed by atoms with van der Waals surface area (Å²) >= 11 is 0. The summed E-state index contributed by atoms with van der Waals surface area (Å²) in [6.07, 6.45) is 3.62. The number of nitrogens with one attached hydrogen (secondary N) is 2. The van der Waals surface area contributed by atoms with Crippen LogP contribution in [0.2, 0.25) is 0 Å². The number of piperidine rings is 1. The Morgan fingerprint density at radius 3 is 2.46 bits per heavy atom. The van der Waals surface area contributed by atoms with Crippen LogP contribution in [0.25, 0.3) is 10.9 Å². The molecule has 5 N–H and O–H groups in total. The van der Waals surface area contributed by atoms with Gasteiger partial charge < -0.3 is 35.3 Å². The fraction of sp³-hybridized carbons (Fsp3) is 0.325. The summed E-state index contributed by atoms with van der Waals surface area (Å²) in [4.78, 5) is 16.7. The number of aromatic hydroxyl groups is 2. The Morgan fingerprint density at radius 1 is 0.875 bits per heavy atom. The second-order valence-electron chi connectivity index (χ2n) is 13.0. The van der Waals surface area contributed by atoms with Crippen molar-refractivity contribution in [1.82, 2.24) is 15.2 Å². The van der Waals surface area contributed by atoms with E-state index in [1.165, 1.54) is 23.3 Å². The predicted molar refractivity (Wildman–Crippen MR) is 190 cm³/mol. The third-order valence-electron chi connectivity index (χ3n) is 9.71. The molecule has 1 saturated heterocycles. The summed E-state index contributed by atoms with van der Waals surface area (Å²) < 4.78 is 6.14. The number of aromatic amines is 1. The molecule has 0 radical (unpaired) electrons. The number of fused-ring (bicyclic) bond motifs is 1. The van der Waals surface area contributed by atoms with Gasteiger partial charge >= 0.3 is 0 Å². The molecule has 1 aromatic heterocycles. The molecule has 1 atom stereocenters. The predicted octanol–water partition coefficient (Wildman–Crippen LogP) is 5.83. The third-order valence-corrected chi connectivity index (χ3v) is 9.71. The minimum atomic E-state index is -0.799. The van der Waals surface area contributed by atoms with Crippen molar-refractivity contribution in [2.75, 3.05) is 39.8 Å². The van der Waals surface area contributed by atoms with Crippen molar-refractivity contribution in [3.8, 4) is 17.2 Å². The molecule has 1 aliphatic rings. The van der Waals surface area contributed by atoms with Crippen molar-refractivity contribution >= 4 is 10.9 Å². The number of aliphatic hydroxyl groups is 1. The molecular weight excluding hydrogens is 602 g/mol. The zero-order valence-electron chi connectivity index (χ0n) is 27.5. The number of benzene rings is 4. The monoisotopic (exact) mass is 647 g/mol. The van der Waals surface area contributed by atoms with Crippen LogP contribution >= 0.6 is 0 Å². The lowest BCUT2D eigenvalue weighted by molar-refractivity contribution is 0.176. The van der Waals surface area contributed by atoms with Crippen LogP contribution in [0.4, 0.5) is 0 Å². The first-order valence-corrected chi connectivity index (χ1v) is 16.8. The highest BCUT2D eigenvalue weighted by atomic mass is 16.5. The van der Waals surface area contributed by atoms with Crippen molar-refractivity contribution in [3.63, 3.8) is 0 Å². The highest BCUT2D eigenvalue weighted by Crippen LogP contribution is 2.45. The van der Waals surface area contributed by atoms with Gasteiger partial charge in [-0.3, -0.25) is 4.79 Å². The smallest absolute Gasteiger partial charge is 0.248 e. The Bertz CT molecular complexity index is 1880. The van der Waals surface area contributed by atoms with E-state index in [1.54, 1.807) is 12.1 Å². The van der Waals surface area contributed by atoms with E-state index in [1.807, 2.05) is 24.3 Å². The molecule has 1 unspecified atom stereocenters. The van der Waals surface area contributed by atoms with Crippen LogP contribution in [0.1, 0.15) is 53.2 Å². The number of pyridine rings is 1. The van der Waals surface area contributed by atoms with Crippen molar-refractivity contribution in [1.29, 1.82) is 0 Å². The lowest BCUT2D eigenvalue weighted by atomic mass is 9.67. The molecule has 0 saturated carbocycles. The summed E-state index contributed by atoms with van der Waals surface area (Å²) in [6, 6.07) is 31.0. The lowest BCUT2D eigenvalue weighted by Crippen LogP contribution is -2.41. The number of aromatic nitrogens is 1. The van der Waals surface area contributed by atoms with Crippen LogP contribution in [0, 0.1) is 0 Å². The molecule has 8 heteroatoms. The first-order valence-electron chi connectivity index (χ1n) is 16.8. The summed E-state index contributed by atoms with van der Waals surface area (Å²) in [5.41, 5.74) is 5.10. The fourth-order valence-electron chi connectivity index (χ4n) is 6.98. The first kappa shape index (κ1) is 33.3. The topological polar surface area (TPSA) is 118 Å². The van der Waals surface area contributed by atoms with Gasteiger partial charge in [-0.05, 0) is 111 Å². The summed E-state index contributed by atoms with van der Waals surface area (Å²) in [5, 5.41) is 35.9. The lowest BCUT2D eigenvalue weighted by Gasteiger charge is -2.42. The standard InChI is InChI=1S/C40H45N3O5/c1-43-22-19-40(20-23-43,30-9-3-2-4-10-30)34-26-28(12-15-35(34)44)8-6-24-48-31-11-5-7-29(25-31)18-21-41-27-37(46)32-13-16-36(45)39-33(32)14-17-38(47)42-39/h2-5,7,9-17,25-26,37,41,44-46H,6,8,18-24,27H2,1H3,(H,42,47). The number of aryl methyl sites for hydroxylation is 1. The van der Waals surface area contributed by atoms with Crippen molar-refractivity contribution in [2.45, 2.75) is 43.6 Å². The number of nitrogens with zero attached hydrogens (tertiary/aromatic N) is 1. The number of ether oxygens (including phenoxy) is 1. The molecule has 0 amide bonds. The molecule has 1 fully saturated rings. The van der Waals surface area contributed by atoms with Gasteiger partial charge in [-0.2, -0.15) is 0 Å². The number of likely N-dealkylation sites (tertiary alicyclic amines) is 1. The molecule has 250 valence electrons. The number of H-pyrrole nitrogens is 1. The van der Waals surface area contributed by atoms with E-state index >= 15 is 0 Å². The van der Waals surface area contributed by atoms with Gasteiger partial charge in [0.1, 0.15) is 17.2 Å². The molecule has 6 rings (SSSR count). The number of hydrogen-bond donors (Lipinski definition) is 5. The van der Waals surface area contributed by atoms with E-state index in [4.69, 9.17) is 4.74 Å². The second kappa shape index (κ2) is 15.1. The Kier molecular flexibility index (Phi) is 10.4. The number of rotatable bonds is 13. The van der Waals surface area contributed by atoms with E-state index in [9.17, 15) is 20.1 Å². The van der Waals surface area contributed by atoms with Gasteiger partial charge in [0, 0.05) is 29.0 Å². The number of phenolic OH excluding ortho intramolecular Hbond substituents is 2. The van der Waals surface area contributed by atoms with Gasteiger partial charge in [0.05, 0.1) is 18.2 Å². The van der Waals surface area contributed by atoms with Crippen molar-refractivity contribution < 1.29 is 20.1 Å². The largest absolute Gasteiger partial charge is 0.508 e. The first-order chi connectivity index (χ1) is 23.3. The van der Waals surface area contributed by atoms with E-state index in [0.717, 1.165) is 62.1 Å². The summed E-state index contributed by atoms with van der Waals surface area (Å²) in [7, 11) is 2.16. The van der Waals surface area contributed by atoms with Crippen LogP contribution in [0.15, 0.2) is 102 Å². The molecule has 0 bridgehead atoms. The molecule has 0 spiro atoms. The zero-order chi connectivity index (χ0) is 33.5. The normalized spacial score (nSPS) is 15.4. The van der Waals surface area contributed by atoms with E-state index < -0.39 is 6.10 Å². The van der Waals surface area contributed by atoms with Gasteiger partial charge in [-0.1, -0.05) is 60.7 Å². The average Bonchev–Trinajstić information content (AvgIpc) is 3.11. The molecule has 2 heterocycles. The van der Waals surface area contributed by atoms with E-state index in [-0.39, 0.29) is 16.7 Å². The molecule has 4 aromatic carbocycles. The fourth-order valence-corrected chi connectivity index (χ4v) is 6.98. The Hall–Kier alpha value is -4.63. The van der Waals surface area contributed by atoms with E-state index in [2.05, 4.69) is 70.8 Å². The maximum Gasteiger partial charge on any atom is 0.248 e. The highest BCUT2D eigenvalue weighted by molar-refractivity contribution is 5.87. The van der Waals surface area contributed by atoms with Crippen molar-refractivity contribution in [3.05, 3.63) is 135 Å². The molecule has 8 nitrogen and oxygen atoms in total. The average molecular weight is 648 g/mol. The molecule has 0 aliphatic carbocycles. The van der Waals surface area contributed by atoms with Gasteiger partial charge in [-0.15, -0.1) is 0 Å². The number of phenols is 2. The van der Waals surface area contributed by atoms with Crippen LogP contribution in [-0.4, -0.2) is 65.0 Å². The van der Waals surface area contributed by atoms with Crippen LogP contribution in [0.5, 0.6) is 17.2 Å². The van der Waals surface area contributed by atoms with Gasteiger partial charge in [0.25, 0.3) is 0 Å². The van der Waals surface area contributed by atoms with Gasteiger partial charge in [0.2, 0.25) is 5.56 Å².